The van der Waals surface area contributed by atoms with Gasteiger partial charge in [-0.05, 0) is 36.8 Å². The molecule has 1 amide bonds. The number of carbonyl (C=O) groups excluding carboxylic acids is 1. The van der Waals surface area contributed by atoms with Crippen molar-refractivity contribution in [1.82, 2.24) is 14.8 Å². The normalized spacial score (nSPS) is 16.0. The van der Waals surface area contributed by atoms with Crippen LogP contribution in [-0.2, 0) is 4.79 Å². The van der Waals surface area contributed by atoms with Crippen LogP contribution in [0.5, 0.6) is 0 Å². The van der Waals surface area contributed by atoms with Crippen LogP contribution in [0, 0.1) is 0 Å². The van der Waals surface area contributed by atoms with Gasteiger partial charge in [0.15, 0.2) is 0 Å². The first kappa shape index (κ1) is 16.5. The second-order valence-electron chi connectivity index (χ2n) is 5.97. The number of halogens is 1. The Bertz CT molecular complexity index is 979. The highest BCUT2D eigenvalue weighted by Crippen LogP contribution is 2.35. The molecule has 0 unspecified atom stereocenters. The summed E-state index contributed by atoms with van der Waals surface area (Å²) in [5.74, 6) is 0.446. The van der Waals surface area contributed by atoms with Gasteiger partial charge in [-0.3, -0.25) is 4.79 Å². The van der Waals surface area contributed by atoms with Gasteiger partial charge in [0, 0.05) is 15.9 Å². The first-order valence-corrected chi connectivity index (χ1v) is 8.92. The Morgan fingerprint density at radius 1 is 1.15 bits per heavy atom. The van der Waals surface area contributed by atoms with E-state index in [1.165, 1.54) is 6.33 Å². The maximum Gasteiger partial charge on any atom is 0.255 e. The minimum Gasteiger partial charge on any atom is -0.328 e. The Kier molecular flexibility index (Phi) is 4.30. The number of carbonyl (C=O) groups is 1. The zero-order chi connectivity index (χ0) is 18.1. The summed E-state index contributed by atoms with van der Waals surface area (Å²) in [6.45, 7) is 1.88. The van der Waals surface area contributed by atoms with Crippen molar-refractivity contribution in [1.29, 1.82) is 0 Å². The lowest BCUT2D eigenvalue weighted by molar-refractivity contribution is -0.113. The van der Waals surface area contributed by atoms with E-state index < -0.39 is 0 Å². The molecule has 2 aromatic carbocycles. The average molecular weight is 410 g/mol. The third-order valence-corrected chi connectivity index (χ3v) is 4.79. The van der Waals surface area contributed by atoms with Crippen molar-refractivity contribution in [3.8, 4) is 0 Å². The number of para-hydroxylation sites is 1. The summed E-state index contributed by atoms with van der Waals surface area (Å²) in [7, 11) is 0. The summed E-state index contributed by atoms with van der Waals surface area (Å²) in [5.41, 5.74) is 3.07. The highest BCUT2D eigenvalue weighted by molar-refractivity contribution is 9.10. The van der Waals surface area contributed by atoms with Gasteiger partial charge in [-0.1, -0.05) is 46.3 Å². The second-order valence-corrected chi connectivity index (χ2v) is 6.88. The summed E-state index contributed by atoms with van der Waals surface area (Å²) in [5, 5.41) is 10.5. The van der Waals surface area contributed by atoms with E-state index in [0.717, 1.165) is 21.4 Å². The molecule has 0 saturated carbocycles. The van der Waals surface area contributed by atoms with Crippen LogP contribution in [0.25, 0.3) is 0 Å². The Morgan fingerprint density at radius 2 is 1.88 bits per heavy atom. The molecule has 0 bridgehead atoms. The summed E-state index contributed by atoms with van der Waals surface area (Å²) in [4.78, 5) is 17.3. The van der Waals surface area contributed by atoms with Gasteiger partial charge in [0.2, 0.25) is 5.95 Å². The number of nitrogens with zero attached hydrogens (tertiary/aromatic N) is 3. The van der Waals surface area contributed by atoms with E-state index in [2.05, 4.69) is 36.6 Å². The number of allylic oxidation sites excluding steroid dienone is 1. The molecule has 26 heavy (non-hydrogen) atoms. The van der Waals surface area contributed by atoms with Crippen molar-refractivity contribution in [2.24, 2.45) is 0 Å². The Morgan fingerprint density at radius 3 is 2.62 bits per heavy atom. The van der Waals surface area contributed by atoms with Crippen LogP contribution in [0.3, 0.4) is 0 Å². The Labute approximate surface area is 159 Å². The number of hydrogen-bond acceptors (Lipinski definition) is 4. The van der Waals surface area contributed by atoms with E-state index in [1.807, 2.05) is 61.5 Å². The predicted molar refractivity (Wildman–Crippen MR) is 104 cm³/mol. The van der Waals surface area contributed by atoms with Crippen molar-refractivity contribution in [2.75, 3.05) is 10.6 Å². The van der Waals surface area contributed by atoms with E-state index >= 15 is 0 Å². The maximum absolute atomic E-state index is 13.1. The molecule has 7 heteroatoms. The molecule has 1 aromatic heterocycles. The lowest BCUT2D eigenvalue weighted by Gasteiger charge is -2.28. The second kappa shape index (κ2) is 6.76. The van der Waals surface area contributed by atoms with E-state index in [-0.39, 0.29) is 11.9 Å². The molecule has 1 atom stereocenters. The van der Waals surface area contributed by atoms with E-state index in [9.17, 15) is 4.79 Å². The molecular weight excluding hydrogens is 394 g/mol. The summed E-state index contributed by atoms with van der Waals surface area (Å²) < 4.78 is 2.71. The zero-order valence-electron chi connectivity index (χ0n) is 14.0. The number of nitrogens with one attached hydrogen (secondary N) is 2. The lowest BCUT2D eigenvalue weighted by Crippen LogP contribution is -2.31. The first-order valence-electron chi connectivity index (χ1n) is 8.12. The molecule has 3 aromatic rings. The predicted octanol–water partition coefficient (Wildman–Crippen LogP) is 3.97. The molecule has 2 heterocycles. The van der Waals surface area contributed by atoms with E-state index in [4.69, 9.17) is 0 Å². The van der Waals surface area contributed by atoms with Crippen molar-refractivity contribution >= 4 is 33.5 Å². The molecular formula is C19H16BrN5O. The number of fused-ring (bicyclic) bond motifs is 1. The van der Waals surface area contributed by atoms with Crippen LogP contribution >= 0.6 is 15.9 Å². The van der Waals surface area contributed by atoms with Crippen molar-refractivity contribution in [3.05, 3.63) is 82.2 Å². The van der Waals surface area contributed by atoms with Crippen LogP contribution in [0.1, 0.15) is 18.5 Å². The fraction of sp³-hybridized carbons (Fsp3) is 0.105. The van der Waals surface area contributed by atoms with Crippen LogP contribution in [0.15, 0.2) is 76.7 Å². The standard InChI is InChI=1S/C19H16BrN5O/c1-12-16(18(26)24-15-5-3-2-4-6-15)17(13-7-9-14(20)10-8-13)25-19(23-12)21-11-22-25/h2-11,17H,1H3,(H,24,26)(H,21,22,23)/t17-/m0/s1. The summed E-state index contributed by atoms with van der Waals surface area (Å²) in [6.07, 6.45) is 1.49. The highest BCUT2D eigenvalue weighted by Gasteiger charge is 2.33. The van der Waals surface area contributed by atoms with Gasteiger partial charge >= 0.3 is 0 Å². The fourth-order valence-electron chi connectivity index (χ4n) is 3.06. The molecule has 6 nitrogen and oxygen atoms in total. The number of aromatic nitrogens is 3. The molecule has 0 aliphatic carbocycles. The molecule has 1 aliphatic rings. The van der Waals surface area contributed by atoms with Gasteiger partial charge in [0.25, 0.3) is 5.91 Å². The van der Waals surface area contributed by atoms with E-state index in [0.29, 0.717) is 11.5 Å². The highest BCUT2D eigenvalue weighted by atomic mass is 79.9. The Balaban J connectivity index is 1.77. The van der Waals surface area contributed by atoms with Gasteiger partial charge in [-0.2, -0.15) is 10.1 Å². The van der Waals surface area contributed by atoms with Crippen molar-refractivity contribution in [3.63, 3.8) is 0 Å². The minimum absolute atomic E-state index is 0.171. The largest absolute Gasteiger partial charge is 0.328 e. The SMILES string of the molecule is CC1=C(C(=O)Nc2ccccc2)[C@H](c2ccc(Br)cc2)n2ncnc2N1. The molecule has 0 saturated heterocycles. The van der Waals surface area contributed by atoms with Crippen molar-refractivity contribution in [2.45, 2.75) is 13.0 Å². The van der Waals surface area contributed by atoms with Crippen LogP contribution in [-0.4, -0.2) is 20.7 Å². The molecule has 0 radical (unpaired) electrons. The van der Waals surface area contributed by atoms with Gasteiger partial charge in [-0.25, -0.2) is 4.68 Å². The van der Waals surface area contributed by atoms with Crippen LogP contribution in [0.4, 0.5) is 11.6 Å². The molecule has 2 N–H and O–H groups in total. The van der Waals surface area contributed by atoms with E-state index in [1.54, 1.807) is 4.68 Å². The number of amides is 1. The monoisotopic (exact) mass is 409 g/mol. The minimum atomic E-state index is -0.356. The third kappa shape index (κ3) is 3.01. The summed E-state index contributed by atoms with van der Waals surface area (Å²) in [6, 6.07) is 16.9. The first-order chi connectivity index (χ1) is 12.6. The Hall–Kier alpha value is -2.93. The van der Waals surface area contributed by atoms with Gasteiger partial charge in [0.05, 0.1) is 5.57 Å². The average Bonchev–Trinajstić information content (AvgIpc) is 3.10. The van der Waals surface area contributed by atoms with Gasteiger partial charge in [0.1, 0.15) is 12.4 Å². The lowest BCUT2D eigenvalue weighted by atomic mass is 9.95. The van der Waals surface area contributed by atoms with Gasteiger partial charge in [-0.15, -0.1) is 0 Å². The van der Waals surface area contributed by atoms with Gasteiger partial charge < -0.3 is 10.6 Å². The van der Waals surface area contributed by atoms with Crippen molar-refractivity contribution < 1.29 is 4.79 Å². The van der Waals surface area contributed by atoms with Crippen LogP contribution < -0.4 is 10.6 Å². The molecule has 1 aliphatic heterocycles. The number of rotatable bonds is 3. The number of hydrogen-bond donors (Lipinski definition) is 2. The number of benzene rings is 2. The molecule has 4 rings (SSSR count). The summed E-state index contributed by atoms with van der Waals surface area (Å²) >= 11 is 3.46. The zero-order valence-corrected chi connectivity index (χ0v) is 15.6. The third-order valence-electron chi connectivity index (χ3n) is 4.26. The smallest absolute Gasteiger partial charge is 0.255 e. The topological polar surface area (TPSA) is 71.8 Å². The molecule has 0 spiro atoms. The molecule has 0 fully saturated rings. The fourth-order valence-corrected chi connectivity index (χ4v) is 3.32. The number of anilines is 2. The molecule has 130 valence electrons. The quantitative estimate of drug-likeness (QED) is 0.686. The maximum atomic E-state index is 13.1. The van der Waals surface area contributed by atoms with Crippen LogP contribution in [0.2, 0.25) is 0 Å².